The standard InChI is InChI=1S/C32H36N2O3S/c1-4-11-24(12-5-1)20-35-23-27-19-28-29(33-32(38-28)34-17-10-18-34)31(37-22-26-15-8-3-9-16-26)30(27)36-21-25-13-6-2-7-14-25/h1-9,11-16,27-31H,10,17-23H2/t27-,28+,29+,30-,31-/m1/s1. The Balaban J connectivity index is 1.23. The van der Waals surface area contributed by atoms with E-state index in [1.807, 2.05) is 30.0 Å². The van der Waals surface area contributed by atoms with Crippen molar-refractivity contribution in [1.29, 1.82) is 0 Å². The smallest absolute Gasteiger partial charge is 0.159 e. The zero-order chi connectivity index (χ0) is 25.6. The number of thioether (sulfide) groups is 1. The maximum Gasteiger partial charge on any atom is 0.159 e. The van der Waals surface area contributed by atoms with E-state index in [0.29, 0.717) is 31.7 Å². The molecule has 1 saturated heterocycles. The van der Waals surface area contributed by atoms with Gasteiger partial charge in [-0.05, 0) is 29.5 Å². The number of amidine groups is 1. The van der Waals surface area contributed by atoms with Crippen LogP contribution in [0.2, 0.25) is 0 Å². The molecule has 6 rings (SSSR count). The van der Waals surface area contributed by atoms with Crippen LogP contribution in [0.3, 0.4) is 0 Å². The van der Waals surface area contributed by atoms with Crippen molar-refractivity contribution in [2.75, 3.05) is 19.7 Å². The lowest BCUT2D eigenvalue weighted by Gasteiger charge is -2.42. The largest absolute Gasteiger partial charge is 0.376 e. The zero-order valence-electron chi connectivity index (χ0n) is 21.7. The van der Waals surface area contributed by atoms with Gasteiger partial charge in [0.2, 0.25) is 0 Å². The van der Waals surface area contributed by atoms with Gasteiger partial charge >= 0.3 is 0 Å². The molecule has 0 radical (unpaired) electrons. The number of fused-ring (bicyclic) bond motifs is 1. The van der Waals surface area contributed by atoms with Gasteiger partial charge in [-0.1, -0.05) is 103 Å². The Hall–Kier alpha value is -2.64. The summed E-state index contributed by atoms with van der Waals surface area (Å²) < 4.78 is 19.8. The summed E-state index contributed by atoms with van der Waals surface area (Å²) in [5.41, 5.74) is 3.54. The van der Waals surface area contributed by atoms with E-state index >= 15 is 0 Å². The maximum atomic E-state index is 6.74. The molecule has 3 aliphatic rings. The first kappa shape index (κ1) is 25.6. The summed E-state index contributed by atoms with van der Waals surface area (Å²) in [6, 6.07) is 31.3. The van der Waals surface area contributed by atoms with Gasteiger partial charge in [0.15, 0.2) is 5.17 Å². The average Bonchev–Trinajstić information content (AvgIpc) is 3.34. The van der Waals surface area contributed by atoms with Crippen LogP contribution in [0.1, 0.15) is 29.5 Å². The van der Waals surface area contributed by atoms with Crippen LogP contribution in [-0.4, -0.2) is 53.3 Å². The lowest BCUT2D eigenvalue weighted by atomic mass is 9.81. The molecule has 2 aliphatic heterocycles. The second-order valence-corrected chi connectivity index (χ2v) is 11.6. The first-order valence-electron chi connectivity index (χ1n) is 13.8. The molecule has 198 valence electrons. The summed E-state index contributed by atoms with van der Waals surface area (Å²) in [5.74, 6) is 0.225. The Labute approximate surface area is 230 Å². The number of hydrogen-bond donors (Lipinski definition) is 0. The normalized spacial score (nSPS) is 26.5. The van der Waals surface area contributed by atoms with Crippen LogP contribution < -0.4 is 0 Å². The molecule has 0 bridgehead atoms. The summed E-state index contributed by atoms with van der Waals surface area (Å²) >= 11 is 1.94. The molecule has 1 aliphatic carbocycles. The summed E-state index contributed by atoms with van der Waals surface area (Å²) in [6.07, 6.45) is 2.03. The topological polar surface area (TPSA) is 43.3 Å². The highest BCUT2D eigenvalue weighted by Crippen LogP contribution is 2.44. The molecule has 0 amide bonds. The third-order valence-corrected chi connectivity index (χ3v) is 9.05. The highest BCUT2D eigenvalue weighted by molar-refractivity contribution is 8.14. The van der Waals surface area contributed by atoms with Crippen molar-refractivity contribution in [3.8, 4) is 0 Å². The Morgan fingerprint density at radius 1 is 0.711 bits per heavy atom. The van der Waals surface area contributed by atoms with E-state index in [1.54, 1.807) is 0 Å². The molecule has 0 spiro atoms. The molecule has 3 aromatic rings. The number of hydrogen-bond acceptors (Lipinski definition) is 6. The predicted molar refractivity (Wildman–Crippen MR) is 153 cm³/mol. The summed E-state index contributed by atoms with van der Waals surface area (Å²) in [4.78, 5) is 7.67. The van der Waals surface area contributed by atoms with Crippen molar-refractivity contribution in [3.05, 3.63) is 108 Å². The van der Waals surface area contributed by atoms with E-state index in [1.165, 1.54) is 28.3 Å². The summed E-state index contributed by atoms with van der Waals surface area (Å²) in [6.45, 7) is 4.57. The van der Waals surface area contributed by atoms with Crippen molar-refractivity contribution < 1.29 is 14.2 Å². The van der Waals surface area contributed by atoms with Gasteiger partial charge in [0.1, 0.15) is 6.10 Å². The van der Waals surface area contributed by atoms with Gasteiger partial charge in [-0.15, -0.1) is 0 Å². The van der Waals surface area contributed by atoms with Gasteiger partial charge in [0.25, 0.3) is 0 Å². The Kier molecular flexibility index (Phi) is 8.41. The molecule has 38 heavy (non-hydrogen) atoms. The number of likely N-dealkylation sites (tertiary alicyclic amines) is 1. The van der Waals surface area contributed by atoms with E-state index in [9.17, 15) is 0 Å². The van der Waals surface area contributed by atoms with E-state index in [0.717, 1.165) is 19.5 Å². The minimum absolute atomic E-state index is 0.0884. The quantitative estimate of drug-likeness (QED) is 0.326. The third-order valence-electron chi connectivity index (χ3n) is 7.70. The number of nitrogens with zero attached hydrogens (tertiary/aromatic N) is 2. The molecule has 6 heteroatoms. The van der Waals surface area contributed by atoms with Gasteiger partial charge < -0.3 is 19.1 Å². The van der Waals surface area contributed by atoms with Crippen LogP contribution in [-0.2, 0) is 34.0 Å². The van der Waals surface area contributed by atoms with Crippen LogP contribution >= 0.6 is 11.8 Å². The zero-order valence-corrected chi connectivity index (χ0v) is 22.5. The molecule has 0 unspecified atom stereocenters. The van der Waals surface area contributed by atoms with Gasteiger partial charge in [-0.3, -0.25) is 4.99 Å². The lowest BCUT2D eigenvalue weighted by Crippen LogP contribution is -2.54. The fraction of sp³-hybridized carbons (Fsp3) is 0.406. The van der Waals surface area contributed by atoms with Gasteiger partial charge in [0.05, 0.1) is 38.6 Å². The first-order valence-corrected chi connectivity index (χ1v) is 14.6. The molecule has 3 aromatic carbocycles. The van der Waals surface area contributed by atoms with Crippen LogP contribution in [0.25, 0.3) is 0 Å². The fourth-order valence-corrected chi connectivity index (χ4v) is 6.98. The van der Waals surface area contributed by atoms with Crippen molar-refractivity contribution in [1.82, 2.24) is 4.90 Å². The third kappa shape index (κ3) is 6.15. The van der Waals surface area contributed by atoms with Crippen molar-refractivity contribution in [2.45, 2.75) is 56.2 Å². The molecular weight excluding hydrogens is 492 g/mol. The van der Waals surface area contributed by atoms with Gasteiger partial charge in [-0.25, -0.2) is 0 Å². The predicted octanol–water partition coefficient (Wildman–Crippen LogP) is 5.94. The van der Waals surface area contributed by atoms with Crippen molar-refractivity contribution in [2.24, 2.45) is 10.9 Å². The number of rotatable bonds is 10. The molecule has 0 N–H and O–H groups in total. The number of benzene rings is 3. The SMILES string of the molecule is c1ccc(COC[C@H]2C[C@@H]3SC(N4CCC4)=N[C@@H]3[C@@H](OCc3ccccc3)[C@@H]2OCc2ccccc2)cc1. The van der Waals surface area contributed by atoms with Crippen LogP contribution in [0.4, 0.5) is 0 Å². The number of ether oxygens (including phenoxy) is 3. The second-order valence-electron chi connectivity index (χ2n) is 10.4. The fourth-order valence-electron chi connectivity index (χ4n) is 5.50. The van der Waals surface area contributed by atoms with E-state index in [2.05, 4.69) is 77.7 Å². The summed E-state index contributed by atoms with van der Waals surface area (Å²) in [7, 11) is 0. The highest BCUT2D eigenvalue weighted by Gasteiger charge is 2.50. The molecule has 2 heterocycles. The van der Waals surface area contributed by atoms with E-state index in [-0.39, 0.29) is 24.2 Å². The monoisotopic (exact) mass is 528 g/mol. The average molecular weight is 529 g/mol. The summed E-state index contributed by atoms with van der Waals surface area (Å²) in [5, 5.41) is 1.57. The first-order chi connectivity index (χ1) is 18.8. The van der Waals surface area contributed by atoms with Crippen LogP contribution in [0.5, 0.6) is 0 Å². The van der Waals surface area contributed by atoms with Crippen molar-refractivity contribution in [3.63, 3.8) is 0 Å². The lowest BCUT2D eigenvalue weighted by molar-refractivity contribution is -0.145. The van der Waals surface area contributed by atoms with E-state index < -0.39 is 0 Å². The van der Waals surface area contributed by atoms with E-state index in [4.69, 9.17) is 19.2 Å². The van der Waals surface area contributed by atoms with Crippen LogP contribution in [0, 0.1) is 5.92 Å². The van der Waals surface area contributed by atoms with Crippen LogP contribution in [0.15, 0.2) is 96.0 Å². The minimum atomic E-state index is -0.130. The molecule has 1 saturated carbocycles. The molecule has 5 atom stereocenters. The Morgan fingerprint density at radius 3 is 1.82 bits per heavy atom. The Bertz CT molecular complexity index is 1170. The second kappa shape index (κ2) is 12.5. The van der Waals surface area contributed by atoms with Gasteiger partial charge in [-0.2, -0.15) is 0 Å². The number of aliphatic imine (C=N–C) groups is 1. The molecule has 5 nitrogen and oxygen atoms in total. The van der Waals surface area contributed by atoms with Gasteiger partial charge in [0, 0.05) is 24.3 Å². The Morgan fingerprint density at radius 2 is 1.26 bits per heavy atom. The molecule has 2 fully saturated rings. The maximum absolute atomic E-state index is 6.74. The highest BCUT2D eigenvalue weighted by atomic mass is 32.2. The molecule has 0 aromatic heterocycles. The minimum Gasteiger partial charge on any atom is -0.376 e. The van der Waals surface area contributed by atoms with Crippen molar-refractivity contribution >= 4 is 16.9 Å². The molecular formula is C32H36N2O3S.